The van der Waals surface area contributed by atoms with Gasteiger partial charge in [0.2, 0.25) is 26.0 Å². The zero-order valence-corrected chi connectivity index (χ0v) is 19.7. The summed E-state index contributed by atoms with van der Waals surface area (Å²) >= 11 is 0. The number of methoxy groups -OCH3 is 1. The molecule has 3 rings (SSSR count). The molecule has 0 unspecified atom stereocenters. The van der Waals surface area contributed by atoms with Crippen LogP contribution in [0.15, 0.2) is 58.3 Å². The van der Waals surface area contributed by atoms with E-state index < -0.39 is 32.5 Å². The fourth-order valence-corrected chi connectivity index (χ4v) is 6.14. The van der Waals surface area contributed by atoms with Crippen molar-refractivity contribution in [3.63, 3.8) is 0 Å². The summed E-state index contributed by atoms with van der Waals surface area (Å²) in [5.41, 5.74) is 0.154. The van der Waals surface area contributed by atoms with Gasteiger partial charge in [-0.1, -0.05) is 24.6 Å². The van der Waals surface area contributed by atoms with Crippen LogP contribution < -0.4 is 10.1 Å². The number of carbonyl (C=O) groups is 1. The summed E-state index contributed by atoms with van der Waals surface area (Å²) < 4.78 is 58.8. The van der Waals surface area contributed by atoms with Gasteiger partial charge in [-0.3, -0.25) is 4.79 Å². The standard InChI is InChI=1S/C21H27N3O6S2/c1-23(31(26,27)17-9-5-3-6-10-17)16-21(25)22-19-15-18(11-12-20(19)30-2)32(28,29)24-13-7-4-8-14-24/h3,5-6,9-12,15H,4,7-8,13-14,16H2,1-2H3,(H,22,25). The van der Waals surface area contributed by atoms with E-state index in [1.807, 2.05) is 0 Å². The van der Waals surface area contributed by atoms with Crippen LogP contribution in [0.1, 0.15) is 19.3 Å². The first kappa shape index (κ1) is 24.2. The van der Waals surface area contributed by atoms with E-state index in [-0.39, 0.29) is 21.2 Å². The van der Waals surface area contributed by atoms with Gasteiger partial charge in [0.15, 0.2) is 0 Å². The van der Waals surface area contributed by atoms with Crippen molar-refractivity contribution in [1.82, 2.24) is 8.61 Å². The Morgan fingerprint density at radius 3 is 2.28 bits per heavy atom. The fourth-order valence-electron chi connectivity index (χ4n) is 3.45. The first-order valence-electron chi connectivity index (χ1n) is 10.2. The van der Waals surface area contributed by atoms with Crippen LogP contribution in [0.2, 0.25) is 0 Å². The van der Waals surface area contributed by atoms with E-state index in [1.54, 1.807) is 18.2 Å². The molecule has 0 radical (unpaired) electrons. The van der Waals surface area contributed by atoms with Crippen molar-refractivity contribution in [1.29, 1.82) is 0 Å². The molecular weight excluding hydrogens is 454 g/mol. The number of nitrogens with zero attached hydrogens (tertiary/aromatic N) is 2. The van der Waals surface area contributed by atoms with Crippen LogP contribution in [-0.2, 0) is 24.8 Å². The smallest absolute Gasteiger partial charge is 0.243 e. The molecule has 174 valence electrons. The third-order valence-electron chi connectivity index (χ3n) is 5.22. The largest absolute Gasteiger partial charge is 0.495 e. The normalized spacial score (nSPS) is 15.5. The maximum Gasteiger partial charge on any atom is 0.243 e. The molecule has 1 fully saturated rings. The summed E-state index contributed by atoms with van der Waals surface area (Å²) in [6, 6.07) is 12.0. The number of carbonyl (C=O) groups excluding carboxylic acids is 1. The molecule has 2 aromatic carbocycles. The average Bonchev–Trinajstić information content (AvgIpc) is 2.80. The van der Waals surface area contributed by atoms with Crippen LogP contribution in [0, 0.1) is 0 Å². The van der Waals surface area contributed by atoms with Crippen LogP contribution in [0.3, 0.4) is 0 Å². The van der Waals surface area contributed by atoms with Crippen LogP contribution in [0.5, 0.6) is 5.75 Å². The minimum Gasteiger partial charge on any atom is -0.495 e. The number of sulfonamides is 2. The molecule has 11 heteroatoms. The van der Waals surface area contributed by atoms with Crippen LogP contribution in [0.4, 0.5) is 5.69 Å². The molecule has 1 aliphatic heterocycles. The molecule has 0 spiro atoms. The number of benzene rings is 2. The lowest BCUT2D eigenvalue weighted by atomic mass is 10.2. The molecule has 0 aliphatic carbocycles. The van der Waals surface area contributed by atoms with Crippen LogP contribution in [-0.4, -0.2) is 65.1 Å². The van der Waals surface area contributed by atoms with Crippen molar-refractivity contribution in [3.8, 4) is 5.75 Å². The molecule has 0 atom stereocenters. The van der Waals surface area contributed by atoms with Crippen molar-refractivity contribution in [2.75, 3.05) is 39.1 Å². The second-order valence-corrected chi connectivity index (χ2v) is 11.4. The maximum absolute atomic E-state index is 13.0. The summed E-state index contributed by atoms with van der Waals surface area (Å²) in [6.07, 6.45) is 2.61. The van der Waals surface area contributed by atoms with E-state index in [0.29, 0.717) is 13.1 Å². The molecule has 32 heavy (non-hydrogen) atoms. The fraction of sp³-hybridized carbons (Fsp3) is 0.381. The summed E-state index contributed by atoms with van der Waals surface area (Å²) in [5.74, 6) is -0.359. The Morgan fingerprint density at radius 1 is 1.00 bits per heavy atom. The Morgan fingerprint density at radius 2 is 1.66 bits per heavy atom. The number of hydrogen-bond acceptors (Lipinski definition) is 6. The third kappa shape index (κ3) is 5.29. The predicted octanol–water partition coefficient (Wildman–Crippen LogP) is 2.13. The number of rotatable bonds is 8. The predicted molar refractivity (Wildman–Crippen MR) is 120 cm³/mol. The first-order chi connectivity index (χ1) is 15.2. The van der Waals surface area contributed by atoms with Gasteiger partial charge >= 0.3 is 0 Å². The molecule has 1 aliphatic rings. The van der Waals surface area contributed by atoms with Gasteiger partial charge in [0, 0.05) is 20.1 Å². The number of likely N-dealkylation sites (N-methyl/N-ethyl adjacent to an activating group) is 1. The first-order valence-corrected chi connectivity index (χ1v) is 13.0. The van der Waals surface area contributed by atoms with Gasteiger partial charge in [-0.05, 0) is 43.2 Å². The molecule has 0 aromatic heterocycles. The minimum absolute atomic E-state index is 0.0424. The molecule has 1 saturated heterocycles. The highest BCUT2D eigenvalue weighted by Crippen LogP contribution is 2.30. The molecule has 2 aromatic rings. The van der Waals surface area contributed by atoms with E-state index in [1.165, 1.54) is 48.8 Å². The number of anilines is 1. The Bertz CT molecular complexity index is 1160. The minimum atomic E-state index is -3.85. The van der Waals surface area contributed by atoms with Crippen molar-refractivity contribution in [3.05, 3.63) is 48.5 Å². The lowest BCUT2D eigenvalue weighted by Gasteiger charge is -2.26. The molecular formula is C21H27N3O6S2. The van der Waals surface area contributed by atoms with Gasteiger partial charge in [0.1, 0.15) is 5.75 Å². The molecule has 9 nitrogen and oxygen atoms in total. The van der Waals surface area contributed by atoms with Crippen molar-refractivity contribution < 1.29 is 26.4 Å². The van der Waals surface area contributed by atoms with E-state index in [0.717, 1.165) is 23.6 Å². The molecule has 1 amide bonds. The summed E-state index contributed by atoms with van der Waals surface area (Å²) in [5, 5.41) is 2.58. The Balaban J connectivity index is 1.78. The molecule has 1 N–H and O–H groups in total. The number of hydrogen-bond donors (Lipinski definition) is 1. The van der Waals surface area contributed by atoms with Crippen molar-refractivity contribution >= 4 is 31.6 Å². The lowest BCUT2D eigenvalue weighted by Crippen LogP contribution is -2.36. The monoisotopic (exact) mass is 481 g/mol. The molecule has 0 saturated carbocycles. The van der Waals surface area contributed by atoms with E-state index in [4.69, 9.17) is 4.74 Å². The highest BCUT2D eigenvalue weighted by atomic mass is 32.2. The molecule has 1 heterocycles. The summed E-state index contributed by atoms with van der Waals surface area (Å²) in [6.45, 7) is 0.458. The quantitative estimate of drug-likeness (QED) is 0.618. The number of piperidine rings is 1. The molecule has 0 bridgehead atoms. The van der Waals surface area contributed by atoms with E-state index in [2.05, 4.69) is 5.32 Å². The third-order valence-corrected chi connectivity index (χ3v) is 8.93. The van der Waals surface area contributed by atoms with Crippen LogP contribution in [0.25, 0.3) is 0 Å². The van der Waals surface area contributed by atoms with Gasteiger partial charge in [0.05, 0.1) is 29.1 Å². The summed E-state index contributed by atoms with van der Waals surface area (Å²) in [7, 11) is -4.86. The summed E-state index contributed by atoms with van der Waals surface area (Å²) in [4.78, 5) is 12.7. The van der Waals surface area contributed by atoms with E-state index >= 15 is 0 Å². The van der Waals surface area contributed by atoms with Gasteiger partial charge in [-0.25, -0.2) is 16.8 Å². The average molecular weight is 482 g/mol. The maximum atomic E-state index is 13.0. The number of nitrogens with one attached hydrogen (secondary N) is 1. The van der Waals surface area contributed by atoms with Crippen molar-refractivity contribution in [2.24, 2.45) is 0 Å². The highest BCUT2D eigenvalue weighted by molar-refractivity contribution is 7.89. The Labute approximate surface area is 189 Å². The zero-order chi connectivity index (χ0) is 23.4. The SMILES string of the molecule is COc1ccc(S(=O)(=O)N2CCCCC2)cc1NC(=O)CN(C)S(=O)(=O)c1ccccc1. The van der Waals surface area contributed by atoms with E-state index in [9.17, 15) is 21.6 Å². The highest BCUT2D eigenvalue weighted by Gasteiger charge is 2.27. The van der Waals surface area contributed by atoms with Crippen LogP contribution >= 0.6 is 0 Å². The second kappa shape index (κ2) is 9.99. The zero-order valence-electron chi connectivity index (χ0n) is 18.0. The number of ether oxygens (including phenoxy) is 1. The lowest BCUT2D eigenvalue weighted by molar-refractivity contribution is -0.116. The Hall–Kier alpha value is -2.47. The van der Waals surface area contributed by atoms with Gasteiger partial charge in [0.25, 0.3) is 0 Å². The Kier molecular flexibility index (Phi) is 7.55. The van der Waals surface area contributed by atoms with Crippen molar-refractivity contribution in [2.45, 2.75) is 29.1 Å². The number of amides is 1. The topological polar surface area (TPSA) is 113 Å². The second-order valence-electron chi connectivity index (χ2n) is 7.45. The van der Waals surface area contributed by atoms with Gasteiger partial charge < -0.3 is 10.1 Å². The van der Waals surface area contributed by atoms with Gasteiger partial charge in [-0.15, -0.1) is 0 Å². The van der Waals surface area contributed by atoms with Gasteiger partial charge in [-0.2, -0.15) is 8.61 Å².